The first-order valence-electron chi connectivity index (χ1n) is 6.04. The molecule has 0 bridgehead atoms. The Kier molecular flexibility index (Phi) is 8.19. The highest BCUT2D eigenvalue weighted by Gasteiger charge is 2.17. The van der Waals surface area contributed by atoms with Gasteiger partial charge in [-0.2, -0.15) is 0 Å². The van der Waals surface area contributed by atoms with E-state index in [-0.39, 0.29) is 6.10 Å². The number of ether oxygens (including phenoxy) is 3. The molecule has 5 heteroatoms. The summed E-state index contributed by atoms with van der Waals surface area (Å²) in [4.78, 5) is 21.9. The van der Waals surface area contributed by atoms with Crippen LogP contribution in [0.3, 0.4) is 0 Å². The average Bonchev–Trinajstić information content (AvgIpc) is 2.22. The molecule has 0 radical (unpaired) electrons. The van der Waals surface area contributed by atoms with E-state index >= 15 is 0 Å². The summed E-state index contributed by atoms with van der Waals surface area (Å²) < 4.78 is 14.5. The predicted octanol–water partition coefficient (Wildman–Crippen LogP) is 3.02. The monoisotopic (exact) mass is 246 g/mol. The zero-order chi connectivity index (χ0) is 13.3. The summed E-state index contributed by atoms with van der Waals surface area (Å²) in [7, 11) is 0. The number of hydrogen-bond donors (Lipinski definition) is 0. The Morgan fingerprint density at radius 1 is 1.12 bits per heavy atom. The molecule has 0 aliphatic carbocycles. The van der Waals surface area contributed by atoms with E-state index in [4.69, 9.17) is 9.47 Å². The number of unbranched alkanes of at least 4 members (excludes halogenated alkanes) is 1. The van der Waals surface area contributed by atoms with Gasteiger partial charge in [0.1, 0.15) is 6.10 Å². The van der Waals surface area contributed by atoms with Gasteiger partial charge in [0.05, 0.1) is 0 Å². The first-order chi connectivity index (χ1) is 7.99. The lowest BCUT2D eigenvalue weighted by molar-refractivity contribution is -0.166. The smallest absolute Gasteiger partial charge is 0.431 e. The standard InChI is InChI=1S/C12H22O5/c1-5-7-8-11(6-2)17-12(14)16-10(4)15-9(3)13/h10-11H,5-8H2,1-4H3. The number of carbonyl (C=O) groups excluding carboxylic acids is 2. The second-order valence-electron chi connectivity index (χ2n) is 3.84. The largest absolute Gasteiger partial charge is 0.511 e. The van der Waals surface area contributed by atoms with Gasteiger partial charge in [0.2, 0.25) is 6.29 Å². The van der Waals surface area contributed by atoms with Gasteiger partial charge in [-0.3, -0.25) is 4.79 Å². The molecule has 0 aromatic rings. The lowest BCUT2D eigenvalue weighted by atomic mass is 10.1. The predicted molar refractivity (Wildman–Crippen MR) is 62.4 cm³/mol. The molecule has 2 unspecified atom stereocenters. The van der Waals surface area contributed by atoms with Crippen LogP contribution >= 0.6 is 0 Å². The Bertz CT molecular complexity index is 239. The third-order valence-electron chi connectivity index (χ3n) is 2.19. The number of esters is 1. The van der Waals surface area contributed by atoms with Crippen molar-refractivity contribution in [3.63, 3.8) is 0 Å². The molecular formula is C12H22O5. The van der Waals surface area contributed by atoms with Crippen LogP contribution in [0.15, 0.2) is 0 Å². The molecule has 0 heterocycles. The highest BCUT2D eigenvalue weighted by atomic mass is 16.8. The van der Waals surface area contributed by atoms with Crippen molar-refractivity contribution in [3.8, 4) is 0 Å². The van der Waals surface area contributed by atoms with E-state index in [1.807, 2.05) is 6.92 Å². The summed E-state index contributed by atoms with van der Waals surface area (Å²) in [5, 5.41) is 0. The van der Waals surface area contributed by atoms with Gasteiger partial charge in [0.25, 0.3) is 0 Å². The SMILES string of the molecule is CCCCC(CC)OC(=O)OC(C)OC(C)=O. The van der Waals surface area contributed by atoms with Gasteiger partial charge in [0.15, 0.2) is 0 Å². The van der Waals surface area contributed by atoms with Gasteiger partial charge in [-0.25, -0.2) is 4.79 Å². The van der Waals surface area contributed by atoms with E-state index in [9.17, 15) is 9.59 Å². The Hall–Kier alpha value is -1.26. The summed E-state index contributed by atoms with van der Waals surface area (Å²) in [6, 6.07) is 0. The van der Waals surface area contributed by atoms with Gasteiger partial charge in [-0.15, -0.1) is 0 Å². The van der Waals surface area contributed by atoms with Crippen LogP contribution < -0.4 is 0 Å². The van der Waals surface area contributed by atoms with Crippen molar-refractivity contribution in [2.45, 2.75) is 65.8 Å². The van der Waals surface area contributed by atoms with Gasteiger partial charge < -0.3 is 14.2 Å². The van der Waals surface area contributed by atoms with E-state index in [0.717, 1.165) is 25.7 Å². The molecule has 0 aliphatic rings. The van der Waals surface area contributed by atoms with Crippen molar-refractivity contribution in [1.29, 1.82) is 0 Å². The molecule has 0 spiro atoms. The third-order valence-corrected chi connectivity index (χ3v) is 2.19. The first kappa shape index (κ1) is 15.7. The summed E-state index contributed by atoms with van der Waals surface area (Å²) in [5.41, 5.74) is 0. The third kappa shape index (κ3) is 8.54. The molecule has 0 rings (SSSR count). The normalized spacial score (nSPS) is 13.6. The van der Waals surface area contributed by atoms with Crippen LogP contribution in [0.4, 0.5) is 4.79 Å². The quantitative estimate of drug-likeness (QED) is 0.510. The van der Waals surface area contributed by atoms with Crippen LogP contribution in [0.25, 0.3) is 0 Å². The van der Waals surface area contributed by atoms with E-state index in [1.165, 1.54) is 13.8 Å². The molecule has 5 nitrogen and oxygen atoms in total. The topological polar surface area (TPSA) is 61.8 Å². The van der Waals surface area contributed by atoms with Crippen molar-refractivity contribution in [3.05, 3.63) is 0 Å². The fourth-order valence-corrected chi connectivity index (χ4v) is 1.34. The van der Waals surface area contributed by atoms with Crippen LogP contribution in [-0.2, 0) is 19.0 Å². The van der Waals surface area contributed by atoms with Crippen molar-refractivity contribution in [1.82, 2.24) is 0 Å². The molecule has 0 aliphatic heterocycles. The Balaban J connectivity index is 3.92. The maximum absolute atomic E-state index is 11.3. The Morgan fingerprint density at radius 2 is 1.76 bits per heavy atom. The van der Waals surface area contributed by atoms with Crippen molar-refractivity contribution in [2.24, 2.45) is 0 Å². The summed E-state index contributed by atoms with van der Waals surface area (Å²) in [5.74, 6) is -0.497. The number of hydrogen-bond acceptors (Lipinski definition) is 5. The molecule has 0 fully saturated rings. The highest BCUT2D eigenvalue weighted by Crippen LogP contribution is 2.10. The molecule has 2 atom stereocenters. The summed E-state index contributed by atoms with van der Waals surface area (Å²) in [6.07, 6.45) is 1.79. The van der Waals surface area contributed by atoms with E-state index in [0.29, 0.717) is 0 Å². The van der Waals surface area contributed by atoms with Gasteiger partial charge >= 0.3 is 12.1 Å². The second-order valence-corrected chi connectivity index (χ2v) is 3.84. The fourth-order valence-electron chi connectivity index (χ4n) is 1.34. The first-order valence-corrected chi connectivity index (χ1v) is 6.04. The average molecular weight is 246 g/mol. The van der Waals surface area contributed by atoms with Gasteiger partial charge in [0, 0.05) is 13.8 Å². The lowest BCUT2D eigenvalue weighted by Crippen LogP contribution is -2.24. The second kappa shape index (κ2) is 8.84. The van der Waals surface area contributed by atoms with Crippen LogP contribution in [0, 0.1) is 0 Å². The van der Waals surface area contributed by atoms with Crippen LogP contribution in [-0.4, -0.2) is 24.5 Å². The Labute approximate surface area is 102 Å². The highest BCUT2D eigenvalue weighted by molar-refractivity contribution is 5.66. The zero-order valence-electron chi connectivity index (χ0n) is 11.0. The summed E-state index contributed by atoms with van der Waals surface area (Å²) in [6.45, 7) is 6.74. The maximum atomic E-state index is 11.3. The molecule has 0 aromatic heterocycles. The van der Waals surface area contributed by atoms with Crippen molar-refractivity contribution in [2.75, 3.05) is 0 Å². The van der Waals surface area contributed by atoms with Crippen LogP contribution in [0.1, 0.15) is 53.4 Å². The van der Waals surface area contributed by atoms with Crippen LogP contribution in [0.2, 0.25) is 0 Å². The molecule has 0 saturated heterocycles. The minimum absolute atomic E-state index is 0.132. The molecule has 0 saturated carbocycles. The summed E-state index contributed by atoms with van der Waals surface area (Å²) >= 11 is 0. The van der Waals surface area contributed by atoms with Gasteiger partial charge in [-0.1, -0.05) is 26.7 Å². The van der Waals surface area contributed by atoms with E-state index in [2.05, 4.69) is 11.7 Å². The van der Waals surface area contributed by atoms with Gasteiger partial charge in [-0.05, 0) is 12.8 Å². The fraction of sp³-hybridized carbons (Fsp3) is 0.833. The van der Waals surface area contributed by atoms with Crippen LogP contribution in [0.5, 0.6) is 0 Å². The minimum Gasteiger partial charge on any atom is -0.431 e. The minimum atomic E-state index is -0.913. The lowest BCUT2D eigenvalue weighted by Gasteiger charge is -2.17. The molecule has 100 valence electrons. The molecule has 0 aromatic carbocycles. The molecular weight excluding hydrogens is 224 g/mol. The van der Waals surface area contributed by atoms with E-state index in [1.54, 1.807) is 0 Å². The Morgan fingerprint density at radius 3 is 2.24 bits per heavy atom. The number of rotatable bonds is 7. The molecule has 0 amide bonds. The molecule has 0 N–H and O–H groups in total. The maximum Gasteiger partial charge on any atom is 0.511 e. The van der Waals surface area contributed by atoms with Crippen molar-refractivity contribution >= 4 is 12.1 Å². The molecule has 17 heavy (non-hydrogen) atoms. The van der Waals surface area contributed by atoms with Crippen molar-refractivity contribution < 1.29 is 23.8 Å². The zero-order valence-corrected chi connectivity index (χ0v) is 11.0. The number of carbonyl (C=O) groups is 2. The van der Waals surface area contributed by atoms with E-state index < -0.39 is 18.4 Å².